The monoisotopic (exact) mass is 410 g/mol. The van der Waals surface area contributed by atoms with Crippen LogP contribution in [0.1, 0.15) is 56.5 Å². The third-order valence-electron chi connectivity index (χ3n) is 6.08. The number of para-hydroxylation sites is 1. The Morgan fingerprint density at radius 2 is 2.00 bits per heavy atom. The zero-order chi connectivity index (χ0) is 21.8. The summed E-state index contributed by atoms with van der Waals surface area (Å²) in [5, 5.41) is 7.54. The number of hydrogen-bond acceptors (Lipinski definition) is 3. The molecule has 3 rings (SSSR count). The lowest BCUT2D eigenvalue weighted by Crippen LogP contribution is -2.36. The summed E-state index contributed by atoms with van der Waals surface area (Å²) in [4.78, 5) is 27.3. The first-order valence-electron chi connectivity index (χ1n) is 11.0. The van der Waals surface area contributed by atoms with Crippen molar-refractivity contribution in [1.82, 2.24) is 15.1 Å². The number of carbonyl (C=O) groups excluding carboxylic acids is 2. The Kier molecular flexibility index (Phi) is 6.95. The van der Waals surface area contributed by atoms with E-state index in [-0.39, 0.29) is 30.1 Å². The summed E-state index contributed by atoms with van der Waals surface area (Å²) in [5.41, 5.74) is 4.26. The second kappa shape index (κ2) is 9.45. The third kappa shape index (κ3) is 4.91. The average Bonchev–Trinajstić information content (AvgIpc) is 3.26. The van der Waals surface area contributed by atoms with E-state index >= 15 is 0 Å². The summed E-state index contributed by atoms with van der Waals surface area (Å²) in [6.45, 7) is 12.2. The smallest absolute Gasteiger partial charge is 0.227 e. The molecule has 162 valence electrons. The van der Waals surface area contributed by atoms with E-state index in [1.807, 2.05) is 36.7 Å². The molecule has 1 aliphatic rings. The Bertz CT molecular complexity index is 904. The van der Waals surface area contributed by atoms with Gasteiger partial charge in [-0.05, 0) is 49.8 Å². The van der Waals surface area contributed by atoms with Crippen molar-refractivity contribution in [2.24, 2.45) is 11.8 Å². The van der Waals surface area contributed by atoms with E-state index in [1.165, 1.54) is 5.56 Å². The SMILES string of the molecule is CC[C@H](C)c1ccccc1N1C[C@@H](C(=O)NC[C@H](C)Cn2nc(C)cc2C)CC1=O. The van der Waals surface area contributed by atoms with Crippen LogP contribution >= 0.6 is 0 Å². The van der Waals surface area contributed by atoms with Crippen LogP contribution in [0.5, 0.6) is 0 Å². The molecule has 1 aromatic carbocycles. The number of aryl methyl sites for hydroxylation is 2. The summed E-state index contributed by atoms with van der Waals surface area (Å²) >= 11 is 0. The van der Waals surface area contributed by atoms with Gasteiger partial charge in [-0.1, -0.05) is 39.0 Å². The van der Waals surface area contributed by atoms with Crippen molar-refractivity contribution in [2.75, 3.05) is 18.0 Å². The second-order valence-electron chi connectivity index (χ2n) is 8.73. The molecule has 6 heteroatoms. The minimum Gasteiger partial charge on any atom is -0.355 e. The van der Waals surface area contributed by atoms with Crippen molar-refractivity contribution in [3.8, 4) is 0 Å². The molecule has 0 bridgehead atoms. The standard InChI is InChI=1S/C24H34N4O2/c1-6-17(3)21-9-7-8-10-22(21)27-15-20(12-23(27)29)24(30)25-13-16(2)14-28-19(5)11-18(4)26-28/h7-11,16-17,20H,6,12-15H2,1-5H3,(H,25,30)/t16-,17-,20-/m0/s1. The molecule has 3 atom stereocenters. The number of hydrogen-bond donors (Lipinski definition) is 1. The van der Waals surface area contributed by atoms with Crippen molar-refractivity contribution in [3.63, 3.8) is 0 Å². The number of aromatic nitrogens is 2. The van der Waals surface area contributed by atoms with E-state index < -0.39 is 0 Å². The van der Waals surface area contributed by atoms with Crippen LogP contribution < -0.4 is 10.2 Å². The third-order valence-corrected chi connectivity index (χ3v) is 6.08. The van der Waals surface area contributed by atoms with Gasteiger partial charge in [0.25, 0.3) is 0 Å². The maximum absolute atomic E-state index is 12.8. The first-order chi connectivity index (χ1) is 14.3. The van der Waals surface area contributed by atoms with Crippen LogP contribution in [0, 0.1) is 25.7 Å². The maximum Gasteiger partial charge on any atom is 0.227 e. The van der Waals surface area contributed by atoms with Crippen molar-refractivity contribution >= 4 is 17.5 Å². The van der Waals surface area contributed by atoms with Crippen LogP contribution in [0.15, 0.2) is 30.3 Å². The van der Waals surface area contributed by atoms with Gasteiger partial charge in [0.15, 0.2) is 0 Å². The molecule has 0 saturated carbocycles. The van der Waals surface area contributed by atoms with Gasteiger partial charge in [0.2, 0.25) is 11.8 Å². The predicted octanol–water partition coefficient (Wildman–Crippen LogP) is 3.82. The summed E-state index contributed by atoms with van der Waals surface area (Å²) in [7, 11) is 0. The number of benzene rings is 1. The minimum atomic E-state index is -0.302. The molecule has 1 N–H and O–H groups in total. The zero-order valence-electron chi connectivity index (χ0n) is 18.8. The number of amides is 2. The zero-order valence-corrected chi connectivity index (χ0v) is 18.8. The molecule has 0 unspecified atom stereocenters. The molecule has 1 saturated heterocycles. The fourth-order valence-electron chi connectivity index (χ4n) is 4.12. The van der Waals surface area contributed by atoms with Crippen molar-refractivity contribution in [2.45, 2.75) is 59.9 Å². The highest BCUT2D eigenvalue weighted by atomic mass is 16.2. The van der Waals surface area contributed by atoms with Gasteiger partial charge in [-0.3, -0.25) is 14.3 Å². The molecule has 1 aromatic heterocycles. The second-order valence-corrected chi connectivity index (χ2v) is 8.73. The molecule has 6 nitrogen and oxygen atoms in total. The van der Waals surface area contributed by atoms with Gasteiger partial charge < -0.3 is 10.2 Å². The van der Waals surface area contributed by atoms with Gasteiger partial charge in [0.05, 0.1) is 11.6 Å². The number of nitrogens with one attached hydrogen (secondary N) is 1. The van der Waals surface area contributed by atoms with Gasteiger partial charge in [-0.15, -0.1) is 0 Å². The molecule has 2 aromatic rings. The van der Waals surface area contributed by atoms with E-state index in [4.69, 9.17) is 0 Å². The maximum atomic E-state index is 12.8. The molecule has 0 radical (unpaired) electrons. The summed E-state index contributed by atoms with van der Waals surface area (Å²) in [5.74, 6) is 0.320. The first-order valence-corrected chi connectivity index (χ1v) is 11.0. The minimum absolute atomic E-state index is 0.0293. The molecule has 0 aliphatic carbocycles. The lowest BCUT2D eigenvalue weighted by molar-refractivity contribution is -0.126. The Labute approximate surface area is 179 Å². The van der Waals surface area contributed by atoms with Crippen LogP contribution in [-0.2, 0) is 16.1 Å². The van der Waals surface area contributed by atoms with Gasteiger partial charge in [0.1, 0.15) is 0 Å². The molecule has 0 spiro atoms. The van der Waals surface area contributed by atoms with Gasteiger partial charge in [0, 0.05) is 37.4 Å². The number of anilines is 1. The lowest BCUT2D eigenvalue weighted by Gasteiger charge is -2.23. The molecular formula is C24H34N4O2. The Balaban J connectivity index is 1.58. The highest BCUT2D eigenvalue weighted by molar-refractivity contribution is 6.00. The molecule has 1 aliphatic heterocycles. The number of nitrogens with zero attached hydrogens (tertiary/aromatic N) is 3. The van der Waals surface area contributed by atoms with E-state index in [0.717, 1.165) is 30.0 Å². The summed E-state index contributed by atoms with van der Waals surface area (Å²) in [6, 6.07) is 10.1. The molecular weight excluding hydrogens is 376 g/mol. The van der Waals surface area contributed by atoms with Gasteiger partial charge in [-0.2, -0.15) is 5.10 Å². The van der Waals surface area contributed by atoms with E-state index in [0.29, 0.717) is 19.0 Å². The van der Waals surface area contributed by atoms with Crippen LogP contribution in [0.3, 0.4) is 0 Å². The normalized spacial score (nSPS) is 18.5. The van der Waals surface area contributed by atoms with Crippen molar-refractivity contribution < 1.29 is 9.59 Å². The van der Waals surface area contributed by atoms with Crippen LogP contribution in [0.4, 0.5) is 5.69 Å². The molecule has 2 amide bonds. The highest BCUT2D eigenvalue weighted by Gasteiger charge is 2.36. The van der Waals surface area contributed by atoms with E-state index in [2.05, 4.69) is 43.3 Å². The largest absolute Gasteiger partial charge is 0.355 e. The van der Waals surface area contributed by atoms with Crippen molar-refractivity contribution in [3.05, 3.63) is 47.3 Å². The Hall–Kier alpha value is -2.63. The predicted molar refractivity (Wildman–Crippen MR) is 119 cm³/mol. The summed E-state index contributed by atoms with van der Waals surface area (Å²) in [6.07, 6.45) is 1.28. The van der Waals surface area contributed by atoms with Crippen LogP contribution in [-0.4, -0.2) is 34.7 Å². The van der Waals surface area contributed by atoms with Gasteiger partial charge >= 0.3 is 0 Å². The summed E-state index contributed by atoms with van der Waals surface area (Å²) < 4.78 is 1.98. The van der Waals surface area contributed by atoms with Crippen molar-refractivity contribution in [1.29, 1.82) is 0 Å². The van der Waals surface area contributed by atoms with Crippen LogP contribution in [0.25, 0.3) is 0 Å². The first kappa shape index (κ1) is 22.1. The van der Waals surface area contributed by atoms with Gasteiger partial charge in [-0.25, -0.2) is 0 Å². The topological polar surface area (TPSA) is 67.2 Å². The van der Waals surface area contributed by atoms with E-state index in [9.17, 15) is 9.59 Å². The number of rotatable bonds is 8. The Morgan fingerprint density at radius 1 is 1.27 bits per heavy atom. The highest BCUT2D eigenvalue weighted by Crippen LogP contribution is 2.33. The Morgan fingerprint density at radius 3 is 2.67 bits per heavy atom. The molecule has 30 heavy (non-hydrogen) atoms. The average molecular weight is 411 g/mol. The fraction of sp³-hybridized carbons (Fsp3) is 0.542. The lowest BCUT2D eigenvalue weighted by atomic mass is 9.96. The fourth-order valence-corrected chi connectivity index (χ4v) is 4.12. The van der Waals surface area contributed by atoms with E-state index in [1.54, 1.807) is 4.90 Å². The van der Waals surface area contributed by atoms with Crippen LogP contribution in [0.2, 0.25) is 0 Å². The number of carbonyl (C=O) groups is 2. The molecule has 2 heterocycles. The molecule has 1 fully saturated rings. The quantitative estimate of drug-likeness (QED) is 0.719.